The summed E-state index contributed by atoms with van der Waals surface area (Å²) in [5.74, 6) is -1.10. The van der Waals surface area contributed by atoms with Gasteiger partial charge < -0.3 is 0 Å². The molecule has 0 aliphatic rings. The second kappa shape index (κ2) is 3.31. The van der Waals surface area contributed by atoms with Crippen LogP contribution in [0.1, 0.15) is 5.69 Å². The normalized spacial score (nSPS) is 11.0. The van der Waals surface area contributed by atoms with Crippen LogP contribution < -0.4 is 0 Å². The largest absolute Gasteiger partial charge is 0.207 e. The van der Waals surface area contributed by atoms with Gasteiger partial charge in [-0.15, -0.1) is 0 Å². The highest BCUT2D eigenvalue weighted by molar-refractivity contribution is 9.08. The Bertz CT molecular complexity index is 455. The summed E-state index contributed by atoms with van der Waals surface area (Å²) in [6.45, 7) is 0. The van der Waals surface area contributed by atoms with Crippen molar-refractivity contribution in [3.8, 4) is 0 Å². The molecule has 5 heteroatoms. The van der Waals surface area contributed by atoms with Crippen LogP contribution in [0, 0.1) is 11.6 Å². The molecule has 1 aromatic heterocycles. The van der Waals surface area contributed by atoms with Crippen LogP contribution in [0.4, 0.5) is 8.78 Å². The molecule has 2 rings (SSSR count). The van der Waals surface area contributed by atoms with Gasteiger partial charge in [0.05, 0.1) is 10.4 Å². The minimum absolute atomic E-state index is 0.413. The molecule has 0 radical (unpaired) electrons. The zero-order chi connectivity index (χ0) is 9.42. The summed E-state index contributed by atoms with van der Waals surface area (Å²) in [6.07, 6.45) is 0. The number of hydrogen-bond acceptors (Lipinski definition) is 2. The van der Waals surface area contributed by atoms with Crippen LogP contribution in [0.15, 0.2) is 12.1 Å². The number of aromatic nitrogens is 1. The van der Waals surface area contributed by atoms with E-state index in [2.05, 4.69) is 20.3 Å². The highest BCUT2D eigenvalue weighted by Gasteiger charge is 2.10. The molecule has 1 aromatic carbocycles. The first-order chi connectivity index (χ1) is 6.22. The van der Waals surface area contributed by atoms with E-state index in [4.69, 9.17) is 0 Å². The van der Waals surface area contributed by atoms with Crippen LogP contribution in [0.25, 0.3) is 10.1 Å². The smallest absolute Gasteiger partial charge is 0.145 e. The Labute approximate surface area is 85.7 Å². The standard InChI is InChI=1S/C8H4BrF2NS/c9-3-7-5-1-4(10)2-6(11)8(5)13-12-7/h1-2H,3H2. The molecule has 0 saturated carbocycles. The van der Waals surface area contributed by atoms with Gasteiger partial charge >= 0.3 is 0 Å². The summed E-state index contributed by atoms with van der Waals surface area (Å²) in [4.78, 5) is 0. The minimum Gasteiger partial charge on any atom is -0.207 e. The van der Waals surface area contributed by atoms with Crippen molar-refractivity contribution in [3.05, 3.63) is 29.5 Å². The van der Waals surface area contributed by atoms with E-state index in [1.54, 1.807) is 0 Å². The summed E-state index contributed by atoms with van der Waals surface area (Å²) in [5, 5.41) is 1.06. The highest BCUT2D eigenvalue weighted by atomic mass is 79.9. The Morgan fingerprint density at radius 1 is 1.38 bits per heavy atom. The number of rotatable bonds is 1. The van der Waals surface area contributed by atoms with Crippen molar-refractivity contribution >= 4 is 37.5 Å². The molecule has 0 bridgehead atoms. The predicted molar refractivity (Wildman–Crippen MR) is 52.2 cm³/mol. The monoisotopic (exact) mass is 263 g/mol. The Balaban J connectivity index is 2.82. The lowest BCUT2D eigenvalue weighted by Crippen LogP contribution is -1.81. The molecule has 1 nitrogen and oxygen atoms in total. The van der Waals surface area contributed by atoms with E-state index in [-0.39, 0.29) is 0 Å². The molecule has 0 aliphatic carbocycles. The van der Waals surface area contributed by atoms with Crippen LogP contribution in [0.2, 0.25) is 0 Å². The van der Waals surface area contributed by atoms with Crippen LogP contribution in [0.5, 0.6) is 0 Å². The van der Waals surface area contributed by atoms with E-state index in [0.29, 0.717) is 21.1 Å². The SMILES string of the molecule is Fc1cc(F)c2snc(CBr)c2c1. The van der Waals surface area contributed by atoms with Crippen molar-refractivity contribution in [2.45, 2.75) is 5.33 Å². The van der Waals surface area contributed by atoms with Gasteiger partial charge in [0, 0.05) is 16.8 Å². The lowest BCUT2D eigenvalue weighted by atomic mass is 10.2. The van der Waals surface area contributed by atoms with E-state index < -0.39 is 11.6 Å². The molecule has 68 valence electrons. The number of hydrogen-bond donors (Lipinski definition) is 0. The minimum atomic E-state index is -0.563. The second-order valence-electron chi connectivity index (χ2n) is 2.53. The summed E-state index contributed by atoms with van der Waals surface area (Å²) < 4.78 is 30.3. The van der Waals surface area contributed by atoms with Crippen LogP contribution in [-0.4, -0.2) is 4.37 Å². The van der Waals surface area contributed by atoms with Crippen molar-refractivity contribution in [3.63, 3.8) is 0 Å². The van der Waals surface area contributed by atoms with Gasteiger partial charge in [0.15, 0.2) is 0 Å². The maximum atomic E-state index is 13.1. The molecule has 0 unspecified atom stereocenters. The van der Waals surface area contributed by atoms with Gasteiger partial charge in [-0.2, -0.15) is 4.37 Å². The first kappa shape index (κ1) is 9.02. The number of benzene rings is 1. The molecular formula is C8H4BrF2NS. The maximum Gasteiger partial charge on any atom is 0.145 e. The van der Waals surface area contributed by atoms with Crippen molar-refractivity contribution in [1.29, 1.82) is 0 Å². The molecule has 1 heterocycles. The number of fused-ring (bicyclic) bond motifs is 1. The Hall–Kier alpha value is -0.550. The molecule has 0 amide bonds. The van der Waals surface area contributed by atoms with Crippen LogP contribution in [-0.2, 0) is 5.33 Å². The van der Waals surface area contributed by atoms with E-state index in [9.17, 15) is 8.78 Å². The summed E-state index contributed by atoms with van der Waals surface area (Å²) in [6, 6.07) is 2.18. The van der Waals surface area contributed by atoms with Gasteiger partial charge in [0.1, 0.15) is 11.6 Å². The Kier molecular flexibility index (Phi) is 2.29. The lowest BCUT2D eigenvalue weighted by molar-refractivity contribution is 0.593. The molecule has 0 N–H and O–H groups in total. The topological polar surface area (TPSA) is 12.9 Å². The first-order valence-electron chi connectivity index (χ1n) is 3.51. The van der Waals surface area contributed by atoms with Crippen molar-refractivity contribution < 1.29 is 8.78 Å². The van der Waals surface area contributed by atoms with E-state index in [1.807, 2.05) is 0 Å². The molecular weight excluding hydrogens is 260 g/mol. The molecule has 2 aromatic rings. The molecule has 0 aliphatic heterocycles. The molecule has 0 saturated heterocycles. The highest BCUT2D eigenvalue weighted by Crippen LogP contribution is 2.27. The first-order valence-corrected chi connectivity index (χ1v) is 5.41. The van der Waals surface area contributed by atoms with Gasteiger partial charge in [-0.1, -0.05) is 15.9 Å². The van der Waals surface area contributed by atoms with Crippen LogP contribution >= 0.6 is 27.5 Å². The average Bonchev–Trinajstić information content (AvgIpc) is 2.47. The number of alkyl halides is 1. The van der Waals surface area contributed by atoms with E-state index >= 15 is 0 Å². The Morgan fingerprint density at radius 3 is 2.85 bits per heavy atom. The maximum absolute atomic E-state index is 13.1. The summed E-state index contributed by atoms with van der Waals surface area (Å²) in [5.41, 5.74) is 0.679. The van der Waals surface area contributed by atoms with Gasteiger partial charge in [0.2, 0.25) is 0 Å². The fourth-order valence-electron chi connectivity index (χ4n) is 1.11. The molecule has 0 spiro atoms. The predicted octanol–water partition coefficient (Wildman–Crippen LogP) is 3.47. The fraction of sp³-hybridized carbons (Fsp3) is 0.125. The molecule has 0 fully saturated rings. The van der Waals surface area contributed by atoms with Crippen molar-refractivity contribution in [2.24, 2.45) is 0 Å². The average molecular weight is 264 g/mol. The molecule has 0 atom stereocenters. The summed E-state index contributed by atoms with van der Waals surface area (Å²) >= 11 is 4.26. The third-order valence-corrected chi connectivity index (χ3v) is 3.13. The van der Waals surface area contributed by atoms with E-state index in [1.165, 1.54) is 6.07 Å². The van der Waals surface area contributed by atoms with E-state index in [0.717, 1.165) is 17.6 Å². The van der Waals surface area contributed by atoms with Crippen LogP contribution in [0.3, 0.4) is 0 Å². The molecule has 13 heavy (non-hydrogen) atoms. The van der Waals surface area contributed by atoms with Gasteiger partial charge in [0.25, 0.3) is 0 Å². The third-order valence-electron chi connectivity index (χ3n) is 1.69. The third kappa shape index (κ3) is 1.46. The summed E-state index contributed by atoms with van der Waals surface area (Å²) in [7, 11) is 0. The zero-order valence-corrected chi connectivity index (χ0v) is 8.75. The Morgan fingerprint density at radius 2 is 2.15 bits per heavy atom. The van der Waals surface area contributed by atoms with Gasteiger partial charge in [-0.3, -0.25) is 0 Å². The van der Waals surface area contributed by atoms with Crippen molar-refractivity contribution in [2.75, 3.05) is 0 Å². The lowest BCUT2D eigenvalue weighted by Gasteiger charge is -1.93. The van der Waals surface area contributed by atoms with Gasteiger partial charge in [-0.25, -0.2) is 8.78 Å². The zero-order valence-electron chi connectivity index (χ0n) is 6.35. The fourth-order valence-corrected chi connectivity index (χ4v) is 2.49. The number of nitrogens with zero attached hydrogens (tertiary/aromatic N) is 1. The number of halogens is 3. The quantitative estimate of drug-likeness (QED) is 0.718. The van der Waals surface area contributed by atoms with Gasteiger partial charge in [-0.05, 0) is 17.6 Å². The van der Waals surface area contributed by atoms with Crippen molar-refractivity contribution in [1.82, 2.24) is 4.37 Å². The second-order valence-corrected chi connectivity index (χ2v) is 3.86.